The first kappa shape index (κ1) is 19.0. The first-order valence-electron chi connectivity index (χ1n) is 8.80. The molecule has 0 spiro atoms. The number of amides is 2. The molecule has 27 heavy (non-hydrogen) atoms. The highest BCUT2D eigenvalue weighted by molar-refractivity contribution is 6.33. The average molecular weight is 384 g/mol. The third kappa shape index (κ3) is 4.68. The molecule has 2 aromatic rings. The van der Waals surface area contributed by atoms with Crippen molar-refractivity contribution in [2.45, 2.75) is 12.8 Å². The molecule has 1 aliphatic heterocycles. The number of nitrogens with one attached hydrogen (secondary N) is 1. The molecular weight excluding hydrogens is 362 g/mol. The minimum absolute atomic E-state index is 0.164. The summed E-state index contributed by atoms with van der Waals surface area (Å²) in [6.45, 7) is 0.769. The molecule has 2 amide bonds. The SMILES string of the molecule is CN(C)c1ccc(NC(=O)C=Cc2ccc(N3CCCC3=O)cc2)cc1Cl. The molecule has 1 saturated heterocycles. The van der Waals surface area contributed by atoms with Crippen LogP contribution in [-0.2, 0) is 9.59 Å². The van der Waals surface area contributed by atoms with Crippen LogP contribution >= 0.6 is 11.6 Å². The highest BCUT2D eigenvalue weighted by atomic mass is 35.5. The molecule has 1 aliphatic rings. The van der Waals surface area contributed by atoms with Gasteiger partial charge < -0.3 is 15.1 Å². The lowest BCUT2D eigenvalue weighted by Crippen LogP contribution is -2.23. The summed E-state index contributed by atoms with van der Waals surface area (Å²) in [5.41, 5.74) is 3.32. The van der Waals surface area contributed by atoms with Crippen molar-refractivity contribution < 1.29 is 9.59 Å². The van der Waals surface area contributed by atoms with Crippen molar-refractivity contribution in [3.63, 3.8) is 0 Å². The highest BCUT2D eigenvalue weighted by Crippen LogP contribution is 2.27. The molecule has 1 heterocycles. The number of carbonyl (C=O) groups excluding carboxylic acids is 2. The van der Waals surface area contributed by atoms with Crippen LogP contribution in [-0.4, -0.2) is 32.5 Å². The van der Waals surface area contributed by atoms with Crippen molar-refractivity contribution in [2.24, 2.45) is 0 Å². The molecular formula is C21H22ClN3O2. The van der Waals surface area contributed by atoms with Crippen LogP contribution < -0.4 is 15.1 Å². The van der Waals surface area contributed by atoms with E-state index in [4.69, 9.17) is 11.6 Å². The van der Waals surface area contributed by atoms with Crippen LogP contribution in [0.25, 0.3) is 6.08 Å². The van der Waals surface area contributed by atoms with Crippen LogP contribution in [0, 0.1) is 0 Å². The van der Waals surface area contributed by atoms with Crippen molar-refractivity contribution in [3.05, 3.63) is 59.1 Å². The first-order valence-corrected chi connectivity index (χ1v) is 9.18. The highest BCUT2D eigenvalue weighted by Gasteiger charge is 2.21. The molecule has 0 aliphatic carbocycles. The van der Waals surface area contributed by atoms with Gasteiger partial charge in [-0.3, -0.25) is 9.59 Å². The number of benzene rings is 2. The van der Waals surface area contributed by atoms with E-state index in [0.29, 0.717) is 17.1 Å². The summed E-state index contributed by atoms with van der Waals surface area (Å²) in [5.74, 6) is -0.0703. The van der Waals surface area contributed by atoms with Gasteiger partial charge in [-0.1, -0.05) is 23.7 Å². The second-order valence-corrected chi connectivity index (χ2v) is 7.03. The molecule has 0 unspecified atom stereocenters. The number of rotatable bonds is 5. The van der Waals surface area contributed by atoms with Crippen molar-refractivity contribution in [1.82, 2.24) is 0 Å². The minimum atomic E-state index is -0.234. The summed E-state index contributed by atoms with van der Waals surface area (Å²) < 4.78 is 0. The molecule has 0 aromatic heterocycles. The van der Waals surface area contributed by atoms with E-state index in [0.717, 1.165) is 29.9 Å². The van der Waals surface area contributed by atoms with Crippen molar-refractivity contribution in [2.75, 3.05) is 35.8 Å². The number of nitrogens with zero attached hydrogens (tertiary/aromatic N) is 2. The van der Waals surface area contributed by atoms with Crippen LogP contribution in [0.3, 0.4) is 0 Å². The Morgan fingerprint density at radius 1 is 1.19 bits per heavy atom. The third-order valence-corrected chi connectivity index (χ3v) is 4.71. The molecule has 5 nitrogen and oxygen atoms in total. The average Bonchev–Trinajstić information content (AvgIpc) is 3.06. The van der Waals surface area contributed by atoms with Gasteiger partial charge in [0.25, 0.3) is 0 Å². The van der Waals surface area contributed by atoms with Crippen molar-refractivity contribution in [3.8, 4) is 0 Å². The number of halogens is 1. The van der Waals surface area contributed by atoms with Crippen LogP contribution in [0.5, 0.6) is 0 Å². The largest absolute Gasteiger partial charge is 0.376 e. The molecule has 2 aromatic carbocycles. The Bertz CT molecular complexity index is 875. The fourth-order valence-corrected chi connectivity index (χ4v) is 3.34. The van der Waals surface area contributed by atoms with E-state index in [1.165, 1.54) is 6.08 Å². The van der Waals surface area contributed by atoms with Crippen LogP contribution in [0.4, 0.5) is 17.1 Å². The Hall–Kier alpha value is -2.79. The van der Waals surface area contributed by atoms with E-state index in [1.807, 2.05) is 55.4 Å². The maximum atomic E-state index is 12.1. The molecule has 0 atom stereocenters. The topological polar surface area (TPSA) is 52.7 Å². The smallest absolute Gasteiger partial charge is 0.248 e. The van der Waals surface area contributed by atoms with E-state index >= 15 is 0 Å². The van der Waals surface area contributed by atoms with Crippen LogP contribution in [0.1, 0.15) is 18.4 Å². The van der Waals surface area contributed by atoms with Gasteiger partial charge in [0.15, 0.2) is 0 Å². The summed E-state index contributed by atoms with van der Waals surface area (Å²) in [4.78, 5) is 27.6. The van der Waals surface area contributed by atoms with Gasteiger partial charge in [-0.2, -0.15) is 0 Å². The second-order valence-electron chi connectivity index (χ2n) is 6.62. The lowest BCUT2D eigenvalue weighted by atomic mass is 10.2. The van der Waals surface area contributed by atoms with Gasteiger partial charge in [0.05, 0.1) is 10.7 Å². The fraction of sp³-hybridized carbons (Fsp3) is 0.238. The summed E-state index contributed by atoms with van der Waals surface area (Å²) in [5, 5.41) is 3.38. The van der Waals surface area contributed by atoms with E-state index in [9.17, 15) is 9.59 Å². The minimum Gasteiger partial charge on any atom is -0.376 e. The molecule has 0 radical (unpaired) electrons. The standard InChI is InChI=1S/C21H22ClN3O2/c1-24(2)19-11-8-16(14-18(19)22)23-20(26)12-7-15-5-9-17(10-6-15)25-13-3-4-21(25)27/h5-12,14H,3-4,13H2,1-2H3,(H,23,26). The number of carbonyl (C=O) groups is 2. The summed E-state index contributed by atoms with van der Waals surface area (Å²) in [6.07, 6.45) is 4.73. The third-order valence-electron chi connectivity index (χ3n) is 4.40. The summed E-state index contributed by atoms with van der Waals surface area (Å²) in [7, 11) is 3.82. The van der Waals surface area contributed by atoms with E-state index in [-0.39, 0.29) is 11.8 Å². The molecule has 1 fully saturated rings. The monoisotopic (exact) mass is 383 g/mol. The summed E-state index contributed by atoms with van der Waals surface area (Å²) in [6, 6.07) is 13.0. The van der Waals surface area contributed by atoms with Gasteiger partial charge in [-0.25, -0.2) is 0 Å². The Morgan fingerprint density at radius 2 is 1.93 bits per heavy atom. The predicted octanol–water partition coefficient (Wildman–Crippen LogP) is 4.18. The van der Waals surface area contributed by atoms with Gasteiger partial charge in [-0.05, 0) is 48.4 Å². The Kier molecular flexibility index (Phi) is 5.81. The first-order chi connectivity index (χ1) is 12.9. The number of hydrogen-bond donors (Lipinski definition) is 1. The zero-order valence-electron chi connectivity index (χ0n) is 15.4. The van der Waals surface area contributed by atoms with Gasteiger partial charge in [0.2, 0.25) is 11.8 Å². The molecule has 0 bridgehead atoms. The quantitative estimate of drug-likeness (QED) is 0.788. The molecule has 6 heteroatoms. The lowest BCUT2D eigenvalue weighted by molar-refractivity contribution is -0.117. The van der Waals surface area contributed by atoms with Crippen LogP contribution in [0.15, 0.2) is 48.5 Å². The molecule has 3 rings (SSSR count). The van der Waals surface area contributed by atoms with Gasteiger partial charge in [0.1, 0.15) is 0 Å². The summed E-state index contributed by atoms with van der Waals surface area (Å²) >= 11 is 6.22. The maximum Gasteiger partial charge on any atom is 0.248 e. The lowest BCUT2D eigenvalue weighted by Gasteiger charge is -2.15. The van der Waals surface area contributed by atoms with Gasteiger partial charge >= 0.3 is 0 Å². The zero-order chi connectivity index (χ0) is 19.4. The van der Waals surface area contributed by atoms with E-state index in [1.54, 1.807) is 17.0 Å². The number of anilines is 3. The maximum absolute atomic E-state index is 12.1. The number of hydrogen-bond acceptors (Lipinski definition) is 3. The van der Waals surface area contributed by atoms with Gasteiger partial charge in [-0.15, -0.1) is 0 Å². The Labute approximate surface area is 164 Å². The normalized spacial score (nSPS) is 14.0. The molecule has 0 saturated carbocycles. The van der Waals surface area contributed by atoms with Crippen molar-refractivity contribution >= 4 is 46.6 Å². The van der Waals surface area contributed by atoms with Crippen molar-refractivity contribution in [1.29, 1.82) is 0 Å². The molecule has 1 N–H and O–H groups in total. The predicted molar refractivity (Wildman–Crippen MR) is 111 cm³/mol. The second kappa shape index (κ2) is 8.27. The fourth-order valence-electron chi connectivity index (χ4n) is 2.99. The van der Waals surface area contributed by atoms with E-state index < -0.39 is 0 Å². The van der Waals surface area contributed by atoms with E-state index in [2.05, 4.69) is 5.32 Å². The molecule has 140 valence electrons. The Morgan fingerprint density at radius 3 is 2.52 bits per heavy atom. The zero-order valence-corrected chi connectivity index (χ0v) is 16.2. The van der Waals surface area contributed by atoms with Crippen LogP contribution in [0.2, 0.25) is 5.02 Å². The Balaban J connectivity index is 1.61. The van der Waals surface area contributed by atoms with Gasteiger partial charge in [0, 0.05) is 44.5 Å².